The van der Waals surface area contributed by atoms with E-state index in [2.05, 4.69) is 66.6 Å². The molecule has 12 heavy (non-hydrogen) atoms. The molecule has 0 bridgehead atoms. The van der Waals surface area contributed by atoms with Crippen LogP contribution < -0.4 is 0 Å². The summed E-state index contributed by atoms with van der Waals surface area (Å²) in [4.78, 5) is 0. The zero-order valence-corrected chi connectivity index (χ0v) is 10.3. The van der Waals surface area contributed by atoms with E-state index in [1.165, 1.54) is 11.5 Å². The average Bonchev–Trinajstić information content (AvgIpc) is 2.61. The lowest BCUT2D eigenvalue weighted by molar-refractivity contribution is 1.15. The number of thioether (sulfide) groups is 4. The molecular formula is C8H12S4. The Bertz CT molecular complexity index is 193. The van der Waals surface area contributed by atoms with Gasteiger partial charge < -0.3 is 0 Å². The second-order valence-electron chi connectivity index (χ2n) is 2.94. The van der Waals surface area contributed by atoms with Gasteiger partial charge in [0, 0.05) is 22.0 Å². The third kappa shape index (κ3) is 1.81. The normalized spacial score (nSPS) is 47.1. The van der Waals surface area contributed by atoms with Crippen molar-refractivity contribution in [1.82, 2.24) is 0 Å². The van der Waals surface area contributed by atoms with Crippen molar-refractivity contribution in [3.05, 3.63) is 12.7 Å². The van der Waals surface area contributed by atoms with E-state index in [-0.39, 0.29) is 0 Å². The molecule has 0 radical (unpaired) electrons. The quantitative estimate of drug-likeness (QED) is 0.639. The Kier molecular flexibility index (Phi) is 3.00. The van der Waals surface area contributed by atoms with Gasteiger partial charge >= 0.3 is 0 Å². The van der Waals surface area contributed by atoms with Crippen LogP contribution in [0.5, 0.6) is 0 Å². The van der Waals surface area contributed by atoms with Gasteiger partial charge in [-0.15, -0.1) is 53.6 Å². The Labute approximate surface area is 91.1 Å². The molecule has 0 aliphatic carbocycles. The maximum absolute atomic E-state index is 3.86. The van der Waals surface area contributed by atoms with E-state index in [4.69, 9.17) is 0 Å². The fourth-order valence-corrected chi connectivity index (χ4v) is 9.54. The first-order valence-corrected chi connectivity index (χ1v) is 7.73. The highest BCUT2D eigenvalue weighted by atomic mass is 32.3. The minimum atomic E-state index is 0.429. The van der Waals surface area contributed by atoms with E-state index in [9.17, 15) is 0 Å². The molecule has 2 fully saturated rings. The lowest BCUT2D eigenvalue weighted by Gasteiger charge is -2.18. The molecule has 3 unspecified atom stereocenters. The zero-order chi connectivity index (χ0) is 8.60. The van der Waals surface area contributed by atoms with Crippen molar-refractivity contribution in [2.75, 3.05) is 11.5 Å². The summed E-state index contributed by atoms with van der Waals surface area (Å²) in [7, 11) is 0. The smallest absolute Gasteiger partial charge is 0.121 e. The standard InChI is InChI=1S/C8H12S4/c1-3-7-5-10-8(12-7)9-4-6(2)11-8/h3,6-7H,1,4-5H2,2H3. The van der Waals surface area contributed by atoms with Gasteiger partial charge in [-0.2, -0.15) is 0 Å². The molecule has 4 heteroatoms. The first kappa shape index (κ1) is 9.69. The molecule has 2 saturated heterocycles. The monoisotopic (exact) mass is 236 g/mol. The highest BCUT2D eigenvalue weighted by Gasteiger charge is 2.46. The largest absolute Gasteiger partial charge is 0.154 e. The fraction of sp³-hybridized carbons (Fsp3) is 0.750. The van der Waals surface area contributed by atoms with Crippen LogP contribution >= 0.6 is 47.0 Å². The van der Waals surface area contributed by atoms with Crippen LogP contribution in [0.4, 0.5) is 0 Å². The van der Waals surface area contributed by atoms with Crippen molar-refractivity contribution >= 4 is 47.0 Å². The molecule has 2 aliphatic heterocycles. The van der Waals surface area contributed by atoms with Crippen molar-refractivity contribution in [3.8, 4) is 0 Å². The van der Waals surface area contributed by atoms with Gasteiger partial charge in [0.25, 0.3) is 0 Å². The topological polar surface area (TPSA) is 0 Å². The van der Waals surface area contributed by atoms with Crippen LogP contribution in [-0.2, 0) is 0 Å². The third-order valence-corrected chi connectivity index (χ3v) is 9.81. The second kappa shape index (κ2) is 3.71. The van der Waals surface area contributed by atoms with E-state index < -0.39 is 0 Å². The SMILES string of the molecule is C=CC1CSC2(SCC(C)S2)S1. The molecule has 0 amide bonds. The predicted molar refractivity (Wildman–Crippen MR) is 66.3 cm³/mol. The Morgan fingerprint density at radius 1 is 1.33 bits per heavy atom. The van der Waals surface area contributed by atoms with Crippen molar-refractivity contribution in [1.29, 1.82) is 0 Å². The van der Waals surface area contributed by atoms with Gasteiger partial charge in [0.15, 0.2) is 2.74 Å². The Hall–Kier alpha value is 1.14. The van der Waals surface area contributed by atoms with Crippen molar-refractivity contribution in [2.24, 2.45) is 0 Å². The minimum absolute atomic E-state index is 0.429. The Morgan fingerprint density at radius 2 is 2.08 bits per heavy atom. The van der Waals surface area contributed by atoms with Crippen molar-refractivity contribution in [3.63, 3.8) is 0 Å². The van der Waals surface area contributed by atoms with E-state index in [1.54, 1.807) is 0 Å². The number of hydrogen-bond acceptors (Lipinski definition) is 4. The molecule has 0 N–H and O–H groups in total. The summed E-state index contributed by atoms with van der Waals surface area (Å²) in [6.45, 7) is 6.19. The molecule has 0 aromatic heterocycles. The summed E-state index contributed by atoms with van der Waals surface area (Å²) in [6.07, 6.45) is 2.09. The van der Waals surface area contributed by atoms with E-state index in [1.807, 2.05) is 0 Å². The first-order chi connectivity index (χ1) is 5.74. The summed E-state index contributed by atoms with van der Waals surface area (Å²) < 4.78 is 0.429. The molecule has 2 aliphatic rings. The Balaban J connectivity index is 2.01. The third-order valence-electron chi connectivity index (χ3n) is 1.82. The van der Waals surface area contributed by atoms with Crippen LogP contribution in [0.3, 0.4) is 0 Å². The van der Waals surface area contributed by atoms with Crippen molar-refractivity contribution < 1.29 is 0 Å². The number of hydrogen-bond donors (Lipinski definition) is 0. The Morgan fingerprint density at radius 3 is 2.58 bits per heavy atom. The van der Waals surface area contributed by atoms with E-state index >= 15 is 0 Å². The molecule has 0 nitrogen and oxygen atoms in total. The van der Waals surface area contributed by atoms with Crippen LogP contribution in [0.2, 0.25) is 0 Å². The molecule has 0 saturated carbocycles. The molecule has 0 aromatic carbocycles. The summed E-state index contributed by atoms with van der Waals surface area (Å²) in [5.74, 6) is 2.56. The minimum Gasteiger partial charge on any atom is -0.121 e. The van der Waals surface area contributed by atoms with Gasteiger partial charge in [0.1, 0.15) is 0 Å². The first-order valence-electron chi connectivity index (χ1n) is 4.00. The number of rotatable bonds is 1. The summed E-state index contributed by atoms with van der Waals surface area (Å²) in [5, 5.41) is 1.51. The lowest BCUT2D eigenvalue weighted by atomic mass is 10.5. The maximum atomic E-state index is 3.86. The molecule has 3 atom stereocenters. The van der Waals surface area contributed by atoms with Crippen LogP contribution in [0.1, 0.15) is 6.92 Å². The van der Waals surface area contributed by atoms with E-state index in [0.29, 0.717) is 7.99 Å². The molecule has 0 aromatic rings. The second-order valence-corrected chi connectivity index (χ2v) is 10.1. The average molecular weight is 236 g/mol. The summed E-state index contributed by atoms with van der Waals surface area (Å²) in [6, 6.07) is 0. The van der Waals surface area contributed by atoms with Crippen LogP contribution in [-0.4, -0.2) is 24.7 Å². The molecular weight excluding hydrogens is 224 g/mol. The van der Waals surface area contributed by atoms with Gasteiger partial charge in [-0.3, -0.25) is 0 Å². The molecule has 1 spiro atoms. The molecule has 68 valence electrons. The predicted octanol–water partition coefficient (Wildman–Crippen LogP) is 3.50. The van der Waals surface area contributed by atoms with Crippen LogP contribution in [0.25, 0.3) is 0 Å². The maximum Gasteiger partial charge on any atom is 0.154 e. The fourth-order valence-electron chi connectivity index (χ4n) is 1.23. The van der Waals surface area contributed by atoms with Gasteiger partial charge in [0.2, 0.25) is 0 Å². The zero-order valence-electron chi connectivity index (χ0n) is 6.99. The van der Waals surface area contributed by atoms with Crippen LogP contribution in [0.15, 0.2) is 12.7 Å². The molecule has 2 rings (SSSR count). The highest BCUT2D eigenvalue weighted by molar-refractivity contribution is 8.50. The van der Waals surface area contributed by atoms with Gasteiger partial charge in [-0.25, -0.2) is 0 Å². The van der Waals surface area contributed by atoms with Gasteiger partial charge in [-0.05, 0) is 0 Å². The van der Waals surface area contributed by atoms with Crippen molar-refractivity contribution in [2.45, 2.75) is 20.2 Å². The van der Waals surface area contributed by atoms with Gasteiger partial charge in [-0.1, -0.05) is 13.0 Å². The highest BCUT2D eigenvalue weighted by Crippen LogP contribution is 2.66. The lowest BCUT2D eigenvalue weighted by Crippen LogP contribution is -2.01. The summed E-state index contributed by atoms with van der Waals surface area (Å²) in [5.41, 5.74) is 0. The summed E-state index contributed by atoms with van der Waals surface area (Å²) >= 11 is 8.46. The molecule has 2 heterocycles. The van der Waals surface area contributed by atoms with E-state index in [0.717, 1.165) is 5.25 Å². The van der Waals surface area contributed by atoms with Gasteiger partial charge in [0.05, 0.1) is 0 Å². The van der Waals surface area contributed by atoms with Crippen LogP contribution in [0, 0.1) is 0 Å².